The van der Waals surface area contributed by atoms with Gasteiger partial charge in [0.25, 0.3) is 5.91 Å². The van der Waals surface area contributed by atoms with Crippen LogP contribution in [0.15, 0.2) is 42.5 Å². The molecule has 0 heterocycles. The van der Waals surface area contributed by atoms with Gasteiger partial charge in [0.05, 0.1) is 10.7 Å². The van der Waals surface area contributed by atoms with Gasteiger partial charge in [0, 0.05) is 11.3 Å². The lowest BCUT2D eigenvalue weighted by Crippen LogP contribution is -2.12. The highest BCUT2D eigenvalue weighted by Crippen LogP contribution is 2.24. The molecule has 2 rings (SSSR count). The van der Waals surface area contributed by atoms with Crippen molar-refractivity contribution >= 4 is 28.9 Å². The van der Waals surface area contributed by atoms with Crippen molar-refractivity contribution in [2.24, 2.45) is 0 Å². The summed E-state index contributed by atoms with van der Waals surface area (Å²) < 4.78 is 12.7. The van der Waals surface area contributed by atoms with Gasteiger partial charge in [-0.05, 0) is 42.5 Å². The molecular weight excluding hydrogens is 255 g/mol. The maximum absolute atomic E-state index is 12.7. The number of benzene rings is 2. The number of amides is 1. The van der Waals surface area contributed by atoms with Crippen molar-refractivity contribution in [1.82, 2.24) is 0 Å². The molecule has 2 aromatic carbocycles. The van der Waals surface area contributed by atoms with E-state index in [2.05, 4.69) is 5.32 Å². The van der Waals surface area contributed by atoms with E-state index in [4.69, 9.17) is 17.3 Å². The number of carbonyl (C=O) groups is 1. The van der Waals surface area contributed by atoms with E-state index in [0.29, 0.717) is 22.0 Å². The molecule has 0 saturated heterocycles. The average Bonchev–Trinajstić information content (AvgIpc) is 2.33. The number of nitrogen functional groups attached to an aromatic ring is 1. The van der Waals surface area contributed by atoms with Gasteiger partial charge in [0.2, 0.25) is 0 Å². The van der Waals surface area contributed by atoms with E-state index in [9.17, 15) is 9.18 Å². The quantitative estimate of drug-likeness (QED) is 0.818. The summed E-state index contributed by atoms with van der Waals surface area (Å²) in [4.78, 5) is 11.8. The maximum atomic E-state index is 12.7. The van der Waals surface area contributed by atoms with Crippen molar-refractivity contribution < 1.29 is 9.18 Å². The smallest absolute Gasteiger partial charge is 0.255 e. The van der Waals surface area contributed by atoms with Crippen LogP contribution in [0, 0.1) is 5.82 Å². The third kappa shape index (κ3) is 2.78. The fourth-order valence-corrected chi connectivity index (χ4v) is 1.66. The molecule has 1 amide bonds. The standard InChI is InChI=1S/C13H10ClFN2O/c14-11-7-10(16)5-6-12(11)17-13(18)8-1-3-9(15)4-2-8/h1-7H,16H2,(H,17,18). The second kappa shape index (κ2) is 5.06. The second-order valence-corrected chi connectivity index (χ2v) is 4.11. The van der Waals surface area contributed by atoms with Crippen molar-refractivity contribution in [3.05, 3.63) is 58.9 Å². The Kier molecular flexibility index (Phi) is 3.48. The summed E-state index contributed by atoms with van der Waals surface area (Å²) >= 11 is 5.93. The van der Waals surface area contributed by atoms with E-state index < -0.39 is 5.82 Å². The number of hydrogen-bond acceptors (Lipinski definition) is 2. The predicted octanol–water partition coefficient (Wildman–Crippen LogP) is 3.31. The number of halogens is 2. The first-order valence-corrected chi connectivity index (χ1v) is 5.56. The number of rotatable bonds is 2. The van der Waals surface area contributed by atoms with E-state index >= 15 is 0 Å². The van der Waals surface area contributed by atoms with Gasteiger partial charge >= 0.3 is 0 Å². The zero-order chi connectivity index (χ0) is 13.1. The number of hydrogen-bond donors (Lipinski definition) is 2. The number of nitrogens with two attached hydrogens (primary N) is 1. The van der Waals surface area contributed by atoms with E-state index in [0.717, 1.165) is 0 Å². The van der Waals surface area contributed by atoms with Gasteiger partial charge in [0.1, 0.15) is 5.82 Å². The van der Waals surface area contributed by atoms with E-state index in [1.165, 1.54) is 24.3 Å². The second-order valence-electron chi connectivity index (χ2n) is 3.70. The molecule has 5 heteroatoms. The van der Waals surface area contributed by atoms with Crippen molar-refractivity contribution in [3.8, 4) is 0 Å². The Balaban J connectivity index is 2.18. The molecule has 0 unspecified atom stereocenters. The Morgan fingerprint density at radius 2 is 1.83 bits per heavy atom. The molecule has 0 fully saturated rings. The summed E-state index contributed by atoms with van der Waals surface area (Å²) in [6.07, 6.45) is 0. The van der Waals surface area contributed by atoms with Gasteiger partial charge in [-0.15, -0.1) is 0 Å². The molecule has 0 aliphatic carbocycles. The highest BCUT2D eigenvalue weighted by atomic mass is 35.5. The highest BCUT2D eigenvalue weighted by molar-refractivity contribution is 6.34. The van der Waals surface area contributed by atoms with Crippen molar-refractivity contribution in [2.45, 2.75) is 0 Å². The Hall–Kier alpha value is -2.07. The average molecular weight is 265 g/mol. The van der Waals surface area contributed by atoms with Gasteiger partial charge < -0.3 is 11.1 Å². The van der Waals surface area contributed by atoms with Crippen LogP contribution in [-0.4, -0.2) is 5.91 Å². The number of nitrogens with one attached hydrogen (secondary N) is 1. The summed E-state index contributed by atoms with van der Waals surface area (Å²) in [5.74, 6) is -0.751. The molecule has 0 atom stereocenters. The minimum absolute atomic E-state index is 0.351. The van der Waals surface area contributed by atoms with Crippen LogP contribution in [0.3, 0.4) is 0 Å². The van der Waals surface area contributed by atoms with Crippen LogP contribution in [0.25, 0.3) is 0 Å². The number of anilines is 2. The molecule has 0 aliphatic heterocycles. The largest absolute Gasteiger partial charge is 0.399 e. The lowest BCUT2D eigenvalue weighted by molar-refractivity contribution is 0.102. The van der Waals surface area contributed by atoms with Crippen LogP contribution in [0.1, 0.15) is 10.4 Å². The normalized spacial score (nSPS) is 10.1. The number of carbonyl (C=O) groups excluding carboxylic acids is 1. The maximum Gasteiger partial charge on any atom is 0.255 e. The van der Waals surface area contributed by atoms with Crippen LogP contribution in [0.2, 0.25) is 5.02 Å². The van der Waals surface area contributed by atoms with Crippen LogP contribution >= 0.6 is 11.6 Å². The molecule has 0 saturated carbocycles. The Morgan fingerprint density at radius 1 is 1.17 bits per heavy atom. The molecule has 0 spiro atoms. The van der Waals surface area contributed by atoms with Gasteiger partial charge in [-0.3, -0.25) is 4.79 Å². The molecular formula is C13H10ClFN2O. The first-order chi connectivity index (χ1) is 8.56. The van der Waals surface area contributed by atoms with E-state index in [-0.39, 0.29) is 5.91 Å². The highest BCUT2D eigenvalue weighted by Gasteiger charge is 2.08. The molecule has 2 aromatic rings. The third-order valence-corrected chi connectivity index (χ3v) is 2.66. The SMILES string of the molecule is Nc1ccc(NC(=O)c2ccc(F)cc2)c(Cl)c1. The van der Waals surface area contributed by atoms with Crippen molar-refractivity contribution in [1.29, 1.82) is 0 Å². The summed E-state index contributed by atoms with van der Waals surface area (Å²) in [7, 11) is 0. The zero-order valence-corrected chi connectivity index (χ0v) is 10.0. The fourth-order valence-electron chi connectivity index (χ4n) is 1.43. The first-order valence-electron chi connectivity index (χ1n) is 5.18. The van der Waals surface area contributed by atoms with Gasteiger partial charge in [-0.1, -0.05) is 11.6 Å². The lowest BCUT2D eigenvalue weighted by Gasteiger charge is -2.07. The molecule has 3 nitrogen and oxygen atoms in total. The minimum Gasteiger partial charge on any atom is -0.399 e. The molecule has 18 heavy (non-hydrogen) atoms. The molecule has 92 valence electrons. The molecule has 0 bridgehead atoms. The van der Waals surface area contributed by atoms with Gasteiger partial charge in [-0.2, -0.15) is 0 Å². The zero-order valence-electron chi connectivity index (χ0n) is 9.28. The van der Waals surface area contributed by atoms with Crippen LogP contribution < -0.4 is 11.1 Å². The first kappa shape index (κ1) is 12.4. The molecule has 3 N–H and O–H groups in total. The van der Waals surface area contributed by atoms with Crippen molar-refractivity contribution in [2.75, 3.05) is 11.1 Å². The topological polar surface area (TPSA) is 55.1 Å². The van der Waals surface area contributed by atoms with E-state index in [1.54, 1.807) is 18.2 Å². The minimum atomic E-state index is -0.392. The van der Waals surface area contributed by atoms with Gasteiger partial charge in [-0.25, -0.2) is 4.39 Å². The molecule has 0 radical (unpaired) electrons. The Labute approximate surface area is 108 Å². The molecule has 0 aromatic heterocycles. The predicted molar refractivity (Wildman–Crippen MR) is 70.2 cm³/mol. The van der Waals surface area contributed by atoms with Gasteiger partial charge in [0.15, 0.2) is 0 Å². The lowest BCUT2D eigenvalue weighted by atomic mass is 10.2. The Bertz CT molecular complexity index is 584. The monoisotopic (exact) mass is 264 g/mol. The summed E-state index contributed by atoms with van der Waals surface area (Å²) in [6, 6.07) is 10.0. The van der Waals surface area contributed by atoms with Crippen LogP contribution in [-0.2, 0) is 0 Å². The van der Waals surface area contributed by atoms with Crippen LogP contribution in [0.4, 0.5) is 15.8 Å². The third-order valence-electron chi connectivity index (χ3n) is 2.35. The fraction of sp³-hybridized carbons (Fsp3) is 0. The van der Waals surface area contributed by atoms with Crippen molar-refractivity contribution in [3.63, 3.8) is 0 Å². The molecule has 0 aliphatic rings. The summed E-state index contributed by atoms with van der Waals surface area (Å²) in [5.41, 5.74) is 6.87. The Morgan fingerprint density at radius 3 is 2.44 bits per heavy atom. The summed E-state index contributed by atoms with van der Waals surface area (Å²) in [5, 5.41) is 2.98. The van der Waals surface area contributed by atoms with E-state index in [1.807, 2.05) is 0 Å². The summed E-state index contributed by atoms with van der Waals surface area (Å²) in [6.45, 7) is 0. The van der Waals surface area contributed by atoms with Crippen LogP contribution in [0.5, 0.6) is 0 Å².